The Hall–Kier alpha value is -1.78. The van der Waals surface area contributed by atoms with Gasteiger partial charge in [-0.15, -0.1) is 0 Å². The van der Waals surface area contributed by atoms with Crippen LogP contribution < -0.4 is 0 Å². The van der Waals surface area contributed by atoms with E-state index >= 15 is 0 Å². The minimum absolute atomic E-state index is 1.01. The van der Waals surface area contributed by atoms with E-state index in [1.165, 1.54) is 6.07 Å². The number of hydrogen-bond acceptors (Lipinski definition) is 2. The van der Waals surface area contributed by atoms with Gasteiger partial charge in [0, 0.05) is 5.56 Å². The minimum atomic E-state index is -5.25. The van der Waals surface area contributed by atoms with Gasteiger partial charge >= 0.3 is 6.18 Å². The third-order valence-corrected chi connectivity index (χ3v) is 1.65. The maximum absolute atomic E-state index is 13.1. The molecule has 8 heteroatoms. The zero-order valence-corrected chi connectivity index (χ0v) is 7.37. The van der Waals surface area contributed by atoms with E-state index < -0.39 is 41.4 Å². The van der Waals surface area contributed by atoms with Gasteiger partial charge in [0.1, 0.15) is 0 Å². The van der Waals surface area contributed by atoms with E-state index in [-0.39, 0.29) is 0 Å². The zero-order valence-electron chi connectivity index (χ0n) is 7.37. The van der Waals surface area contributed by atoms with Crippen LogP contribution in [0.25, 0.3) is 0 Å². The normalized spacial score (nSPS) is 11.3. The first kappa shape index (κ1) is 12.3. The topological polar surface area (TPSA) is 36.7 Å². The lowest BCUT2D eigenvalue weighted by atomic mass is 10.1. The Morgan fingerprint density at radius 1 is 1.12 bits per heavy atom. The molecule has 2 nitrogen and oxygen atoms in total. The van der Waals surface area contributed by atoms with Crippen molar-refractivity contribution in [1.82, 2.24) is 4.98 Å². The summed E-state index contributed by atoms with van der Waals surface area (Å²) >= 11 is 0. The van der Waals surface area contributed by atoms with Crippen molar-refractivity contribution >= 4 is 0 Å². The van der Waals surface area contributed by atoms with Gasteiger partial charge in [-0.25, -0.2) is 13.8 Å². The second kappa shape index (κ2) is 4.00. The molecule has 1 heterocycles. The van der Waals surface area contributed by atoms with Gasteiger partial charge in [0.15, 0.2) is 17.3 Å². The van der Waals surface area contributed by atoms with Crippen LogP contribution in [0.1, 0.15) is 11.3 Å². The maximum atomic E-state index is 13.1. The van der Waals surface area contributed by atoms with Crippen LogP contribution in [0.5, 0.6) is 0 Å². The van der Waals surface area contributed by atoms with E-state index in [1.54, 1.807) is 0 Å². The number of pyridine rings is 1. The number of hydrogen-bond donors (Lipinski definition) is 0. The molecule has 1 aromatic rings. The first-order chi connectivity index (χ1) is 7.29. The van der Waals surface area contributed by atoms with Crippen molar-refractivity contribution in [2.45, 2.75) is 12.6 Å². The predicted octanol–water partition coefficient (Wildman–Crippen LogP) is 2.58. The Morgan fingerprint density at radius 2 is 1.69 bits per heavy atom. The summed E-state index contributed by atoms with van der Waals surface area (Å²) in [5, 5.41) is 8.15. The molecule has 0 saturated heterocycles. The quantitative estimate of drug-likeness (QED) is 0.558. The monoisotopic (exact) mass is 240 g/mol. The molecular weight excluding hydrogens is 238 g/mol. The van der Waals surface area contributed by atoms with Gasteiger partial charge in [-0.1, -0.05) is 0 Å². The molecular formula is C8H2F6N2. The lowest BCUT2D eigenvalue weighted by Crippen LogP contribution is -2.16. The van der Waals surface area contributed by atoms with Crippen LogP contribution in [-0.2, 0) is 12.6 Å². The SMILES string of the molecule is N#CCc1c(F)c(F)nc(C(F)(F)F)c1F. The standard InChI is InChI=1S/C8H2F6N2/c9-4-3(1-2-15)5(10)7(11)16-6(4)8(12,13)14/h1H2. The summed E-state index contributed by atoms with van der Waals surface area (Å²) in [5.41, 5.74) is -3.45. The molecule has 0 fully saturated rings. The molecule has 0 spiro atoms. The highest BCUT2D eigenvalue weighted by atomic mass is 19.4. The molecule has 86 valence electrons. The average Bonchev–Trinajstić information content (AvgIpc) is 2.16. The summed E-state index contributed by atoms with van der Waals surface area (Å²) in [6.07, 6.45) is -6.26. The highest BCUT2D eigenvalue weighted by molar-refractivity contribution is 5.26. The van der Waals surface area contributed by atoms with E-state index in [9.17, 15) is 26.3 Å². The number of halogens is 6. The van der Waals surface area contributed by atoms with Crippen molar-refractivity contribution in [2.24, 2.45) is 0 Å². The minimum Gasteiger partial charge on any atom is -0.209 e. The molecule has 0 aliphatic heterocycles. The number of nitriles is 1. The van der Waals surface area contributed by atoms with E-state index in [2.05, 4.69) is 4.98 Å². The highest BCUT2D eigenvalue weighted by Crippen LogP contribution is 2.32. The Bertz CT molecular complexity index is 459. The van der Waals surface area contributed by atoms with E-state index in [1.807, 2.05) is 0 Å². The van der Waals surface area contributed by atoms with Crippen LogP contribution in [0.3, 0.4) is 0 Å². The van der Waals surface area contributed by atoms with Crippen molar-refractivity contribution < 1.29 is 26.3 Å². The van der Waals surface area contributed by atoms with Gasteiger partial charge in [0.05, 0.1) is 12.5 Å². The van der Waals surface area contributed by atoms with Crippen LogP contribution in [0.15, 0.2) is 0 Å². The molecule has 0 aliphatic carbocycles. The molecule has 0 aliphatic rings. The van der Waals surface area contributed by atoms with Crippen molar-refractivity contribution in [3.63, 3.8) is 0 Å². The molecule has 1 aromatic heterocycles. The Balaban J connectivity index is 3.52. The summed E-state index contributed by atoms with van der Waals surface area (Å²) in [5.74, 6) is -6.03. The fourth-order valence-electron chi connectivity index (χ4n) is 0.982. The largest absolute Gasteiger partial charge is 0.436 e. The fourth-order valence-corrected chi connectivity index (χ4v) is 0.982. The van der Waals surface area contributed by atoms with Crippen LogP contribution in [0.4, 0.5) is 26.3 Å². The third-order valence-electron chi connectivity index (χ3n) is 1.65. The van der Waals surface area contributed by atoms with Gasteiger partial charge < -0.3 is 0 Å². The molecule has 0 saturated carbocycles. The van der Waals surface area contributed by atoms with E-state index in [4.69, 9.17) is 5.26 Å². The van der Waals surface area contributed by atoms with E-state index in [0.717, 1.165) is 0 Å². The van der Waals surface area contributed by atoms with Crippen molar-refractivity contribution in [2.75, 3.05) is 0 Å². The lowest BCUT2D eigenvalue weighted by molar-refractivity contribution is -0.144. The lowest BCUT2D eigenvalue weighted by Gasteiger charge is -2.09. The first-order valence-electron chi connectivity index (χ1n) is 3.76. The molecule has 0 radical (unpaired) electrons. The molecule has 0 amide bonds. The average molecular weight is 240 g/mol. The first-order valence-corrected chi connectivity index (χ1v) is 3.76. The van der Waals surface area contributed by atoms with Crippen LogP contribution >= 0.6 is 0 Å². The van der Waals surface area contributed by atoms with Gasteiger partial charge in [0.2, 0.25) is 5.95 Å². The van der Waals surface area contributed by atoms with E-state index in [0.29, 0.717) is 0 Å². The third kappa shape index (κ3) is 2.08. The summed E-state index contributed by atoms with van der Waals surface area (Å²) in [4.78, 5) is 2.14. The molecule has 16 heavy (non-hydrogen) atoms. The second-order valence-electron chi connectivity index (χ2n) is 2.69. The van der Waals surface area contributed by atoms with Gasteiger partial charge in [0.25, 0.3) is 0 Å². The van der Waals surface area contributed by atoms with Crippen molar-refractivity contribution in [3.8, 4) is 6.07 Å². The number of alkyl halides is 3. The second-order valence-corrected chi connectivity index (χ2v) is 2.69. The summed E-state index contributed by atoms with van der Waals surface area (Å²) in [6.45, 7) is 0. The fraction of sp³-hybridized carbons (Fsp3) is 0.250. The Labute approximate surface area is 85.1 Å². The molecule has 0 bridgehead atoms. The number of aromatic nitrogens is 1. The zero-order chi connectivity index (χ0) is 12.5. The van der Waals surface area contributed by atoms with Crippen LogP contribution in [0.2, 0.25) is 0 Å². The number of nitrogens with zero attached hydrogens (tertiary/aromatic N) is 2. The smallest absolute Gasteiger partial charge is 0.209 e. The van der Waals surface area contributed by atoms with Crippen LogP contribution in [-0.4, -0.2) is 4.98 Å². The van der Waals surface area contributed by atoms with Gasteiger partial charge in [-0.05, 0) is 0 Å². The molecule has 0 unspecified atom stereocenters. The van der Waals surface area contributed by atoms with Gasteiger partial charge in [-0.2, -0.15) is 22.8 Å². The van der Waals surface area contributed by atoms with Crippen molar-refractivity contribution in [1.29, 1.82) is 5.26 Å². The summed E-state index contributed by atoms with van der Waals surface area (Å²) in [6, 6.07) is 1.23. The van der Waals surface area contributed by atoms with Gasteiger partial charge in [-0.3, -0.25) is 0 Å². The molecule has 0 N–H and O–H groups in total. The maximum Gasteiger partial charge on any atom is 0.436 e. The molecule has 0 aromatic carbocycles. The Kier molecular flexibility index (Phi) is 3.07. The molecule has 1 rings (SSSR count). The Morgan fingerprint density at radius 3 is 2.12 bits per heavy atom. The van der Waals surface area contributed by atoms with Crippen LogP contribution in [0, 0.1) is 28.9 Å². The summed E-state index contributed by atoms with van der Waals surface area (Å²) in [7, 11) is 0. The highest BCUT2D eigenvalue weighted by Gasteiger charge is 2.39. The molecule has 0 atom stereocenters. The summed E-state index contributed by atoms with van der Waals surface area (Å²) < 4.78 is 74.8. The predicted molar refractivity (Wildman–Crippen MR) is 38.4 cm³/mol. The number of rotatable bonds is 1. The van der Waals surface area contributed by atoms with Crippen molar-refractivity contribution in [3.05, 3.63) is 28.8 Å².